The van der Waals surface area contributed by atoms with Crippen molar-refractivity contribution in [3.63, 3.8) is 0 Å². The SMILES string of the molecule is COc1ccccc1N1CCC(NC(=O)c2ccccc2N)C1. The lowest BCUT2D eigenvalue weighted by Gasteiger charge is -2.21. The summed E-state index contributed by atoms with van der Waals surface area (Å²) < 4.78 is 5.41. The number of methoxy groups -OCH3 is 1. The van der Waals surface area contributed by atoms with Crippen molar-refractivity contribution in [2.45, 2.75) is 12.5 Å². The van der Waals surface area contributed by atoms with Gasteiger partial charge in [0, 0.05) is 24.8 Å². The molecule has 5 heteroatoms. The number of hydrogen-bond acceptors (Lipinski definition) is 4. The van der Waals surface area contributed by atoms with Gasteiger partial charge in [-0.05, 0) is 30.7 Å². The Morgan fingerprint density at radius 1 is 1.22 bits per heavy atom. The van der Waals surface area contributed by atoms with Crippen LogP contribution in [0.2, 0.25) is 0 Å². The molecule has 1 unspecified atom stereocenters. The van der Waals surface area contributed by atoms with Gasteiger partial charge in [0.2, 0.25) is 0 Å². The van der Waals surface area contributed by atoms with Crippen molar-refractivity contribution in [3.05, 3.63) is 54.1 Å². The summed E-state index contributed by atoms with van der Waals surface area (Å²) in [6.07, 6.45) is 0.899. The lowest BCUT2D eigenvalue weighted by molar-refractivity contribution is 0.0941. The fraction of sp³-hybridized carbons (Fsp3) is 0.278. The number of carbonyl (C=O) groups excluding carboxylic acids is 1. The van der Waals surface area contributed by atoms with E-state index in [2.05, 4.69) is 10.2 Å². The van der Waals surface area contributed by atoms with Crippen molar-refractivity contribution >= 4 is 17.3 Å². The first-order valence-corrected chi connectivity index (χ1v) is 7.72. The fourth-order valence-electron chi connectivity index (χ4n) is 2.95. The smallest absolute Gasteiger partial charge is 0.253 e. The van der Waals surface area contributed by atoms with Crippen LogP contribution in [0, 0.1) is 0 Å². The quantitative estimate of drug-likeness (QED) is 0.850. The molecule has 0 aliphatic carbocycles. The fourth-order valence-corrected chi connectivity index (χ4v) is 2.95. The average Bonchev–Trinajstić information content (AvgIpc) is 3.03. The zero-order valence-electron chi connectivity index (χ0n) is 13.2. The number of ether oxygens (including phenoxy) is 1. The highest BCUT2D eigenvalue weighted by molar-refractivity contribution is 5.99. The summed E-state index contributed by atoms with van der Waals surface area (Å²) in [5, 5.41) is 3.07. The Morgan fingerprint density at radius 2 is 1.96 bits per heavy atom. The minimum Gasteiger partial charge on any atom is -0.495 e. The van der Waals surface area contributed by atoms with Crippen LogP contribution in [0.3, 0.4) is 0 Å². The number of anilines is 2. The summed E-state index contributed by atoms with van der Waals surface area (Å²) in [4.78, 5) is 14.6. The molecule has 2 aromatic carbocycles. The van der Waals surface area contributed by atoms with Crippen molar-refractivity contribution < 1.29 is 9.53 Å². The van der Waals surface area contributed by atoms with Crippen molar-refractivity contribution in [2.24, 2.45) is 0 Å². The Bertz CT molecular complexity index is 702. The van der Waals surface area contributed by atoms with E-state index in [-0.39, 0.29) is 11.9 Å². The summed E-state index contributed by atoms with van der Waals surface area (Å²) in [6.45, 7) is 1.65. The molecule has 0 saturated carbocycles. The molecule has 2 aromatic rings. The molecule has 3 N–H and O–H groups in total. The topological polar surface area (TPSA) is 67.6 Å². The third kappa shape index (κ3) is 3.23. The Morgan fingerprint density at radius 3 is 2.74 bits per heavy atom. The molecule has 0 bridgehead atoms. The van der Waals surface area contributed by atoms with Gasteiger partial charge in [-0.25, -0.2) is 0 Å². The Balaban J connectivity index is 1.66. The van der Waals surface area contributed by atoms with Crippen molar-refractivity contribution in [2.75, 3.05) is 30.8 Å². The van der Waals surface area contributed by atoms with Crippen LogP contribution in [0.1, 0.15) is 16.8 Å². The van der Waals surface area contributed by atoms with Crippen LogP contribution in [0.25, 0.3) is 0 Å². The van der Waals surface area contributed by atoms with E-state index in [9.17, 15) is 4.79 Å². The monoisotopic (exact) mass is 311 g/mol. The van der Waals surface area contributed by atoms with Crippen LogP contribution in [0.5, 0.6) is 5.75 Å². The van der Waals surface area contributed by atoms with Crippen molar-refractivity contribution in [1.82, 2.24) is 5.32 Å². The molecule has 1 heterocycles. The van der Waals surface area contributed by atoms with Crippen molar-refractivity contribution in [3.8, 4) is 5.75 Å². The summed E-state index contributed by atoms with van der Waals surface area (Å²) in [5.74, 6) is 0.738. The summed E-state index contributed by atoms with van der Waals surface area (Å²) in [7, 11) is 1.67. The maximum atomic E-state index is 12.4. The van der Waals surface area contributed by atoms with E-state index < -0.39 is 0 Å². The molecule has 0 spiro atoms. The number of nitrogens with zero attached hydrogens (tertiary/aromatic N) is 1. The molecule has 120 valence electrons. The summed E-state index contributed by atoms with van der Waals surface area (Å²) >= 11 is 0. The van der Waals surface area contributed by atoms with E-state index in [1.54, 1.807) is 19.2 Å². The highest BCUT2D eigenvalue weighted by Crippen LogP contribution is 2.30. The molecular weight excluding hydrogens is 290 g/mol. The van der Waals surface area contributed by atoms with E-state index in [1.807, 2.05) is 36.4 Å². The second kappa shape index (κ2) is 6.60. The van der Waals surface area contributed by atoms with Crippen LogP contribution in [-0.2, 0) is 0 Å². The molecule has 1 fully saturated rings. The average molecular weight is 311 g/mol. The zero-order chi connectivity index (χ0) is 16.2. The molecule has 23 heavy (non-hydrogen) atoms. The third-order valence-corrected chi connectivity index (χ3v) is 4.15. The van der Waals surface area contributed by atoms with E-state index in [1.165, 1.54) is 0 Å². The number of nitrogen functional groups attached to an aromatic ring is 1. The van der Waals surface area contributed by atoms with Gasteiger partial charge < -0.3 is 20.7 Å². The predicted molar refractivity (Wildman–Crippen MR) is 91.9 cm³/mol. The standard InChI is InChI=1S/C18H21N3O2/c1-23-17-9-5-4-8-16(17)21-11-10-13(12-21)20-18(22)14-6-2-3-7-15(14)19/h2-9,13H,10-12,19H2,1H3,(H,20,22). The van der Waals surface area contributed by atoms with Crippen molar-refractivity contribution in [1.29, 1.82) is 0 Å². The number of amides is 1. The molecule has 0 radical (unpaired) electrons. The summed E-state index contributed by atoms with van der Waals surface area (Å²) in [5.41, 5.74) is 7.96. The molecular formula is C18H21N3O2. The zero-order valence-corrected chi connectivity index (χ0v) is 13.2. The Hall–Kier alpha value is -2.69. The van der Waals surface area contributed by atoms with E-state index in [4.69, 9.17) is 10.5 Å². The molecule has 1 atom stereocenters. The first-order chi connectivity index (χ1) is 11.2. The molecule has 1 aliphatic rings. The second-order valence-electron chi connectivity index (χ2n) is 5.66. The molecule has 0 aromatic heterocycles. The maximum absolute atomic E-state index is 12.4. The number of rotatable bonds is 4. The number of carbonyl (C=O) groups is 1. The lowest BCUT2D eigenvalue weighted by Crippen LogP contribution is -2.37. The van der Waals surface area contributed by atoms with Gasteiger partial charge in [-0.3, -0.25) is 4.79 Å². The minimum absolute atomic E-state index is 0.104. The number of para-hydroxylation sites is 3. The number of benzene rings is 2. The van der Waals surface area contributed by atoms with Crippen LogP contribution in [0.15, 0.2) is 48.5 Å². The van der Waals surface area contributed by atoms with Gasteiger partial charge in [0.25, 0.3) is 5.91 Å². The normalized spacial score (nSPS) is 17.1. The van der Waals surface area contributed by atoms with Crippen LogP contribution in [-0.4, -0.2) is 32.1 Å². The number of hydrogen-bond donors (Lipinski definition) is 2. The van der Waals surface area contributed by atoms with Gasteiger partial charge in [-0.15, -0.1) is 0 Å². The van der Waals surface area contributed by atoms with Gasteiger partial charge >= 0.3 is 0 Å². The molecule has 3 rings (SSSR count). The maximum Gasteiger partial charge on any atom is 0.253 e. The first-order valence-electron chi connectivity index (χ1n) is 7.72. The van der Waals surface area contributed by atoms with Crippen LogP contribution < -0.4 is 20.7 Å². The van der Waals surface area contributed by atoms with E-state index in [0.717, 1.165) is 30.9 Å². The predicted octanol–water partition coefficient (Wildman–Crippen LogP) is 2.29. The molecule has 1 amide bonds. The lowest BCUT2D eigenvalue weighted by atomic mass is 10.1. The molecule has 1 aliphatic heterocycles. The number of nitrogens with two attached hydrogens (primary N) is 1. The van der Waals surface area contributed by atoms with Gasteiger partial charge in [0.1, 0.15) is 5.75 Å². The largest absolute Gasteiger partial charge is 0.495 e. The highest BCUT2D eigenvalue weighted by atomic mass is 16.5. The molecule has 5 nitrogen and oxygen atoms in total. The van der Waals surface area contributed by atoms with Gasteiger partial charge in [0.15, 0.2) is 0 Å². The third-order valence-electron chi connectivity index (χ3n) is 4.15. The van der Waals surface area contributed by atoms with Gasteiger partial charge in [-0.2, -0.15) is 0 Å². The summed E-state index contributed by atoms with van der Waals surface area (Å²) in [6, 6.07) is 15.2. The molecule has 1 saturated heterocycles. The minimum atomic E-state index is -0.116. The van der Waals surface area contributed by atoms with E-state index in [0.29, 0.717) is 11.3 Å². The Labute approximate surface area is 136 Å². The Kier molecular flexibility index (Phi) is 4.37. The number of nitrogens with one attached hydrogen (secondary N) is 1. The van der Waals surface area contributed by atoms with Gasteiger partial charge in [-0.1, -0.05) is 24.3 Å². The highest BCUT2D eigenvalue weighted by Gasteiger charge is 2.26. The van der Waals surface area contributed by atoms with Gasteiger partial charge in [0.05, 0.1) is 18.4 Å². The van der Waals surface area contributed by atoms with Crippen LogP contribution in [0.4, 0.5) is 11.4 Å². The van der Waals surface area contributed by atoms with E-state index >= 15 is 0 Å². The first kappa shape index (κ1) is 15.2. The van der Waals surface area contributed by atoms with Crippen LogP contribution >= 0.6 is 0 Å². The second-order valence-corrected chi connectivity index (χ2v) is 5.66.